The largest absolute Gasteiger partial charge is 0.313 e. The second kappa shape index (κ2) is 7.26. The van der Waals surface area contributed by atoms with Crippen molar-refractivity contribution in [3.63, 3.8) is 0 Å². The number of hydrogen-bond donors (Lipinski definition) is 1. The molecular formula is C19H31N. The zero-order valence-corrected chi connectivity index (χ0v) is 13.5. The summed E-state index contributed by atoms with van der Waals surface area (Å²) < 4.78 is 0. The van der Waals surface area contributed by atoms with Gasteiger partial charge in [0.2, 0.25) is 0 Å². The number of benzene rings is 1. The van der Waals surface area contributed by atoms with Gasteiger partial charge in [-0.2, -0.15) is 0 Å². The highest BCUT2D eigenvalue weighted by atomic mass is 14.9. The van der Waals surface area contributed by atoms with Gasteiger partial charge in [-0.3, -0.25) is 0 Å². The molecule has 1 aromatic carbocycles. The topological polar surface area (TPSA) is 12.0 Å². The molecule has 0 spiro atoms. The molecule has 1 atom stereocenters. The summed E-state index contributed by atoms with van der Waals surface area (Å²) in [5.41, 5.74) is 2.05. The number of hydrogen-bond acceptors (Lipinski definition) is 1. The maximum atomic E-state index is 3.81. The summed E-state index contributed by atoms with van der Waals surface area (Å²) in [5, 5.41) is 3.81. The third kappa shape index (κ3) is 4.63. The summed E-state index contributed by atoms with van der Waals surface area (Å²) in [6.07, 6.45) is 7.96. The lowest BCUT2D eigenvalue weighted by Crippen LogP contribution is -2.41. The van der Waals surface area contributed by atoms with Gasteiger partial charge in [0.25, 0.3) is 0 Å². The van der Waals surface area contributed by atoms with Crippen molar-refractivity contribution in [2.45, 2.75) is 65.3 Å². The van der Waals surface area contributed by atoms with Crippen molar-refractivity contribution in [2.75, 3.05) is 6.54 Å². The molecule has 0 radical (unpaired) electrons. The van der Waals surface area contributed by atoms with E-state index in [1.54, 1.807) is 0 Å². The summed E-state index contributed by atoms with van der Waals surface area (Å²) in [6.45, 7) is 8.26. The second-order valence-electron chi connectivity index (χ2n) is 7.25. The fourth-order valence-corrected chi connectivity index (χ4v) is 3.43. The maximum absolute atomic E-state index is 3.81. The van der Waals surface area contributed by atoms with Crippen molar-refractivity contribution in [3.05, 3.63) is 35.9 Å². The standard InChI is InChI=1S/C19H31N/c1-4-14-20-18(15-16-8-6-5-7-9-16)17-10-12-19(2,3)13-11-17/h5-9,17-18,20H,4,10-15H2,1-3H3. The van der Waals surface area contributed by atoms with Gasteiger partial charge in [0.05, 0.1) is 0 Å². The smallest absolute Gasteiger partial charge is 0.0136 e. The first kappa shape index (κ1) is 15.6. The van der Waals surface area contributed by atoms with E-state index in [2.05, 4.69) is 56.4 Å². The Morgan fingerprint density at radius 2 is 1.80 bits per heavy atom. The SMILES string of the molecule is CCCNC(Cc1ccccc1)C1CCC(C)(C)CC1. The Labute approximate surface area is 125 Å². The zero-order valence-electron chi connectivity index (χ0n) is 13.5. The van der Waals surface area contributed by atoms with E-state index in [-0.39, 0.29) is 0 Å². The molecule has 0 aromatic heterocycles. The van der Waals surface area contributed by atoms with Gasteiger partial charge in [-0.1, -0.05) is 51.1 Å². The Kier molecular flexibility index (Phi) is 5.65. The third-order valence-electron chi connectivity index (χ3n) is 4.91. The summed E-state index contributed by atoms with van der Waals surface area (Å²) >= 11 is 0. The monoisotopic (exact) mass is 273 g/mol. The van der Waals surface area contributed by atoms with Crippen LogP contribution in [0.1, 0.15) is 58.4 Å². The van der Waals surface area contributed by atoms with Gasteiger partial charge in [0.15, 0.2) is 0 Å². The van der Waals surface area contributed by atoms with Crippen molar-refractivity contribution in [1.82, 2.24) is 5.32 Å². The van der Waals surface area contributed by atoms with Crippen LogP contribution in [0.4, 0.5) is 0 Å². The van der Waals surface area contributed by atoms with Gasteiger partial charge >= 0.3 is 0 Å². The zero-order chi connectivity index (χ0) is 14.4. The summed E-state index contributed by atoms with van der Waals surface area (Å²) in [4.78, 5) is 0. The summed E-state index contributed by atoms with van der Waals surface area (Å²) in [5.74, 6) is 0.856. The molecule has 112 valence electrons. The first-order valence-corrected chi connectivity index (χ1v) is 8.38. The third-order valence-corrected chi connectivity index (χ3v) is 4.91. The quantitative estimate of drug-likeness (QED) is 0.784. The molecule has 1 aliphatic carbocycles. The first-order valence-electron chi connectivity index (χ1n) is 8.38. The fraction of sp³-hybridized carbons (Fsp3) is 0.684. The first-order chi connectivity index (χ1) is 9.61. The van der Waals surface area contributed by atoms with Crippen LogP contribution in [0.15, 0.2) is 30.3 Å². The molecule has 1 N–H and O–H groups in total. The summed E-state index contributed by atoms with van der Waals surface area (Å²) in [6, 6.07) is 11.6. The van der Waals surface area contributed by atoms with E-state index < -0.39 is 0 Å². The minimum atomic E-state index is 0.568. The Hall–Kier alpha value is -0.820. The molecule has 1 unspecified atom stereocenters. The van der Waals surface area contributed by atoms with Crippen LogP contribution in [0.25, 0.3) is 0 Å². The van der Waals surface area contributed by atoms with Gasteiger partial charge in [-0.05, 0) is 62.0 Å². The highest BCUT2D eigenvalue weighted by molar-refractivity contribution is 5.16. The highest BCUT2D eigenvalue weighted by Crippen LogP contribution is 2.39. The van der Waals surface area contributed by atoms with E-state index in [0.29, 0.717) is 11.5 Å². The van der Waals surface area contributed by atoms with Crippen LogP contribution in [0.3, 0.4) is 0 Å². The summed E-state index contributed by atoms with van der Waals surface area (Å²) in [7, 11) is 0. The molecule has 0 amide bonds. The Balaban J connectivity index is 1.96. The van der Waals surface area contributed by atoms with Crippen LogP contribution in [-0.2, 0) is 6.42 Å². The van der Waals surface area contributed by atoms with Crippen molar-refractivity contribution in [1.29, 1.82) is 0 Å². The Morgan fingerprint density at radius 3 is 2.40 bits per heavy atom. The average molecular weight is 273 g/mol. The minimum Gasteiger partial charge on any atom is -0.313 e. The lowest BCUT2D eigenvalue weighted by molar-refractivity contribution is 0.160. The van der Waals surface area contributed by atoms with Crippen LogP contribution in [0.5, 0.6) is 0 Å². The molecule has 1 aliphatic rings. The maximum Gasteiger partial charge on any atom is 0.0136 e. The average Bonchev–Trinajstić information content (AvgIpc) is 2.45. The van der Waals surface area contributed by atoms with E-state index in [9.17, 15) is 0 Å². The van der Waals surface area contributed by atoms with Crippen molar-refractivity contribution >= 4 is 0 Å². The molecule has 20 heavy (non-hydrogen) atoms. The predicted molar refractivity (Wildman–Crippen MR) is 88.0 cm³/mol. The molecule has 0 saturated heterocycles. The van der Waals surface area contributed by atoms with E-state index in [1.807, 2.05) is 0 Å². The molecular weight excluding hydrogens is 242 g/mol. The number of nitrogens with one attached hydrogen (secondary N) is 1. The van der Waals surface area contributed by atoms with E-state index >= 15 is 0 Å². The number of rotatable bonds is 6. The molecule has 0 heterocycles. The Morgan fingerprint density at radius 1 is 1.15 bits per heavy atom. The van der Waals surface area contributed by atoms with Crippen LogP contribution in [0.2, 0.25) is 0 Å². The van der Waals surface area contributed by atoms with Gasteiger partial charge in [0, 0.05) is 6.04 Å². The molecule has 1 heteroatoms. The fourth-order valence-electron chi connectivity index (χ4n) is 3.43. The molecule has 1 aromatic rings. The van der Waals surface area contributed by atoms with Crippen LogP contribution in [0, 0.1) is 11.3 Å². The van der Waals surface area contributed by atoms with Crippen molar-refractivity contribution < 1.29 is 0 Å². The lowest BCUT2D eigenvalue weighted by atomic mass is 9.70. The van der Waals surface area contributed by atoms with Crippen LogP contribution >= 0.6 is 0 Å². The predicted octanol–water partition coefficient (Wildman–Crippen LogP) is 4.81. The second-order valence-corrected chi connectivity index (χ2v) is 7.25. The molecule has 2 rings (SSSR count). The lowest BCUT2D eigenvalue weighted by Gasteiger charge is -2.38. The van der Waals surface area contributed by atoms with Crippen molar-refractivity contribution in [2.24, 2.45) is 11.3 Å². The normalized spacial score (nSPS) is 20.8. The van der Waals surface area contributed by atoms with Crippen LogP contribution in [-0.4, -0.2) is 12.6 Å². The molecule has 0 bridgehead atoms. The molecule has 1 fully saturated rings. The van der Waals surface area contributed by atoms with Crippen molar-refractivity contribution in [3.8, 4) is 0 Å². The molecule has 0 aliphatic heterocycles. The Bertz CT molecular complexity index is 372. The van der Waals surface area contributed by atoms with Gasteiger partial charge in [-0.25, -0.2) is 0 Å². The highest BCUT2D eigenvalue weighted by Gasteiger charge is 2.31. The van der Waals surface area contributed by atoms with Gasteiger partial charge in [0.1, 0.15) is 0 Å². The van der Waals surface area contributed by atoms with E-state index in [0.717, 1.165) is 12.5 Å². The van der Waals surface area contributed by atoms with Gasteiger partial charge < -0.3 is 5.32 Å². The van der Waals surface area contributed by atoms with Gasteiger partial charge in [-0.15, -0.1) is 0 Å². The minimum absolute atomic E-state index is 0.568. The van der Waals surface area contributed by atoms with E-state index in [4.69, 9.17) is 0 Å². The van der Waals surface area contributed by atoms with Crippen LogP contribution < -0.4 is 5.32 Å². The molecule has 1 nitrogen and oxygen atoms in total. The van der Waals surface area contributed by atoms with E-state index in [1.165, 1.54) is 44.1 Å². The molecule has 1 saturated carbocycles.